The summed E-state index contributed by atoms with van der Waals surface area (Å²) < 4.78 is 34.1. The standard InChI is InChI=1S/C14H14F2N4O2/c1-21-10-5-4-8(7-11(10)22-14(15)16)20-13(18)12-9(17)3-2-6-19-12/h2-7,14H,17H2,1H3,(H2,18,20). The number of methoxy groups -OCH3 is 1. The molecule has 2 rings (SSSR count). The molecule has 0 aliphatic rings. The lowest BCUT2D eigenvalue weighted by Crippen LogP contribution is -2.16. The molecule has 0 saturated heterocycles. The highest BCUT2D eigenvalue weighted by Crippen LogP contribution is 2.32. The molecule has 1 aromatic carbocycles. The third-order valence-corrected chi connectivity index (χ3v) is 2.69. The van der Waals surface area contributed by atoms with Crippen LogP contribution in [0.2, 0.25) is 0 Å². The van der Waals surface area contributed by atoms with Gasteiger partial charge in [-0.1, -0.05) is 0 Å². The van der Waals surface area contributed by atoms with Gasteiger partial charge in [0.05, 0.1) is 18.5 Å². The summed E-state index contributed by atoms with van der Waals surface area (Å²) in [5.41, 5.74) is 12.6. The van der Waals surface area contributed by atoms with Crippen molar-refractivity contribution in [1.82, 2.24) is 4.98 Å². The number of rotatable bonds is 5. The van der Waals surface area contributed by atoms with Crippen LogP contribution in [0.4, 0.5) is 20.2 Å². The second-order valence-electron chi connectivity index (χ2n) is 4.15. The minimum Gasteiger partial charge on any atom is -0.493 e. The fraction of sp³-hybridized carbons (Fsp3) is 0.143. The van der Waals surface area contributed by atoms with Crippen molar-refractivity contribution in [2.24, 2.45) is 10.7 Å². The number of alkyl halides is 2. The zero-order chi connectivity index (χ0) is 16.1. The van der Waals surface area contributed by atoms with Crippen LogP contribution in [0.5, 0.6) is 11.5 Å². The number of aliphatic imine (C=N–C) groups is 1. The van der Waals surface area contributed by atoms with Gasteiger partial charge in [0.1, 0.15) is 5.69 Å². The summed E-state index contributed by atoms with van der Waals surface area (Å²) in [6, 6.07) is 7.57. The van der Waals surface area contributed by atoms with E-state index in [2.05, 4.69) is 14.7 Å². The number of hydrogen-bond acceptors (Lipinski definition) is 5. The van der Waals surface area contributed by atoms with Gasteiger partial charge in [0, 0.05) is 12.3 Å². The van der Waals surface area contributed by atoms with Crippen LogP contribution in [0, 0.1) is 0 Å². The number of hydrogen-bond donors (Lipinski definition) is 2. The Hall–Kier alpha value is -2.90. The Labute approximate surface area is 125 Å². The number of halogens is 2. The van der Waals surface area contributed by atoms with Gasteiger partial charge < -0.3 is 20.9 Å². The fourth-order valence-corrected chi connectivity index (χ4v) is 1.75. The van der Waals surface area contributed by atoms with E-state index in [0.29, 0.717) is 17.1 Å². The third kappa shape index (κ3) is 3.60. The van der Waals surface area contributed by atoms with Crippen LogP contribution in [0.3, 0.4) is 0 Å². The molecule has 1 heterocycles. The second-order valence-corrected chi connectivity index (χ2v) is 4.15. The number of nitrogens with two attached hydrogens (primary N) is 2. The molecule has 6 nitrogen and oxygen atoms in total. The van der Waals surface area contributed by atoms with Crippen LogP contribution >= 0.6 is 0 Å². The summed E-state index contributed by atoms with van der Waals surface area (Å²) in [6.07, 6.45) is 1.52. The number of nitrogen functional groups attached to an aromatic ring is 1. The zero-order valence-corrected chi connectivity index (χ0v) is 11.7. The van der Waals surface area contributed by atoms with Crippen molar-refractivity contribution in [3.05, 3.63) is 42.2 Å². The molecule has 0 aliphatic heterocycles. The normalized spacial score (nSPS) is 11.5. The van der Waals surface area contributed by atoms with E-state index in [1.807, 2.05) is 0 Å². The van der Waals surface area contributed by atoms with E-state index in [-0.39, 0.29) is 17.3 Å². The molecule has 0 bridgehead atoms. The van der Waals surface area contributed by atoms with Crippen molar-refractivity contribution in [3.8, 4) is 11.5 Å². The monoisotopic (exact) mass is 308 g/mol. The van der Waals surface area contributed by atoms with Crippen LogP contribution < -0.4 is 20.9 Å². The minimum absolute atomic E-state index is 0.0614. The Morgan fingerprint density at radius 3 is 2.68 bits per heavy atom. The Bertz CT molecular complexity index is 692. The van der Waals surface area contributed by atoms with E-state index in [1.165, 1.54) is 25.4 Å². The topological polar surface area (TPSA) is 95.8 Å². The Kier molecular flexibility index (Phi) is 4.72. The minimum atomic E-state index is -2.98. The average molecular weight is 308 g/mol. The molecule has 0 unspecified atom stereocenters. The highest BCUT2D eigenvalue weighted by molar-refractivity contribution is 6.01. The smallest absolute Gasteiger partial charge is 0.387 e. The van der Waals surface area contributed by atoms with E-state index < -0.39 is 6.61 Å². The predicted molar refractivity (Wildman–Crippen MR) is 78.7 cm³/mol. The van der Waals surface area contributed by atoms with Crippen molar-refractivity contribution in [2.75, 3.05) is 12.8 Å². The summed E-state index contributed by atoms with van der Waals surface area (Å²) in [4.78, 5) is 8.13. The van der Waals surface area contributed by atoms with Crippen molar-refractivity contribution in [1.29, 1.82) is 0 Å². The van der Waals surface area contributed by atoms with E-state index in [1.54, 1.807) is 18.2 Å². The summed E-state index contributed by atoms with van der Waals surface area (Å²) in [5.74, 6) is 0.0852. The molecule has 1 aromatic heterocycles. The summed E-state index contributed by atoms with van der Waals surface area (Å²) in [7, 11) is 1.35. The van der Waals surface area contributed by atoms with Crippen molar-refractivity contribution < 1.29 is 18.3 Å². The van der Waals surface area contributed by atoms with Crippen LogP contribution in [-0.4, -0.2) is 24.5 Å². The molecule has 0 saturated carbocycles. The van der Waals surface area contributed by atoms with Crippen molar-refractivity contribution >= 4 is 17.2 Å². The van der Waals surface area contributed by atoms with Crippen molar-refractivity contribution in [3.63, 3.8) is 0 Å². The maximum absolute atomic E-state index is 12.4. The van der Waals surface area contributed by atoms with Crippen LogP contribution in [-0.2, 0) is 0 Å². The first kappa shape index (κ1) is 15.5. The predicted octanol–water partition coefficient (Wildman–Crippen LogP) is 2.31. The lowest BCUT2D eigenvalue weighted by atomic mass is 10.2. The molecule has 2 aromatic rings. The molecule has 22 heavy (non-hydrogen) atoms. The first-order valence-electron chi connectivity index (χ1n) is 6.19. The molecule has 116 valence electrons. The number of pyridine rings is 1. The van der Waals surface area contributed by atoms with Crippen LogP contribution in [0.15, 0.2) is 41.5 Å². The molecular formula is C14H14F2N4O2. The number of benzene rings is 1. The SMILES string of the molecule is COc1ccc(N=C(N)c2ncccc2N)cc1OC(F)F. The van der Waals surface area contributed by atoms with Gasteiger partial charge in [-0.25, -0.2) is 4.99 Å². The summed E-state index contributed by atoms with van der Waals surface area (Å²) in [5, 5.41) is 0. The largest absolute Gasteiger partial charge is 0.493 e. The second kappa shape index (κ2) is 6.70. The van der Waals surface area contributed by atoms with E-state index in [9.17, 15) is 8.78 Å². The quantitative estimate of drug-likeness (QED) is 0.652. The van der Waals surface area contributed by atoms with Gasteiger partial charge in [0.15, 0.2) is 17.3 Å². The first-order valence-corrected chi connectivity index (χ1v) is 6.19. The van der Waals surface area contributed by atoms with E-state index >= 15 is 0 Å². The number of ether oxygens (including phenoxy) is 2. The fourth-order valence-electron chi connectivity index (χ4n) is 1.75. The first-order chi connectivity index (χ1) is 10.5. The third-order valence-electron chi connectivity index (χ3n) is 2.69. The van der Waals surface area contributed by atoms with Gasteiger partial charge in [0.2, 0.25) is 0 Å². The Morgan fingerprint density at radius 2 is 2.05 bits per heavy atom. The van der Waals surface area contributed by atoms with Gasteiger partial charge in [-0.2, -0.15) is 8.78 Å². The molecule has 0 amide bonds. The number of aromatic nitrogens is 1. The Balaban J connectivity index is 2.36. The van der Waals surface area contributed by atoms with Gasteiger partial charge in [-0.15, -0.1) is 0 Å². The lowest BCUT2D eigenvalue weighted by Gasteiger charge is -2.10. The highest BCUT2D eigenvalue weighted by Gasteiger charge is 2.12. The van der Waals surface area contributed by atoms with Gasteiger partial charge in [0.25, 0.3) is 0 Å². The van der Waals surface area contributed by atoms with Gasteiger partial charge >= 0.3 is 6.61 Å². The molecule has 0 fully saturated rings. The summed E-state index contributed by atoms with van der Waals surface area (Å²) >= 11 is 0. The van der Waals surface area contributed by atoms with Gasteiger partial charge in [-0.3, -0.25) is 4.98 Å². The lowest BCUT2D eigenvalue weighted by molar-refractivity contribution is -0.0511. The molecule has 8 heteroatoms. The van der Waals surface area contributed by atoms with Gasteiger partial charge in [-0.05, 0) is 24.3 Å². The van der Waals surface area contributed by atoms with E-state index in [0.717, 1.165) is 0 Å². The number of amidine groups is 1. The molecule has 0 aliphatic carbocycles. The molecule has 0 spiro atoms. The highest BCUT2D eigenvalue weighted by atomic mass is 19.3. The van der Waals surface area contributed by atoms with Crippen LogP contribution in [0.1, 0.15) is 5.69 Å². The molecule has 4 N–H and O–H groups in total. The number of nitrogens with zero attached hydrogens (tertiary/aromatic N) is 2. The van der Waals surface area contributed by atoms with E-state index in [4.69, 9.17) is 16.2 Å². The Morgan fingerprint density at radius 1 is 1.27 bits per heavy atom. The average Bonchev–Trinajstić information content (AvgIpc) is 2.47. The number of anilines is 1. The van der Waals surface area contributed by atoms with Crippen molar-refractivity contribution in [2.45, 2.75) is 6.61 Å². The zero-order valence-electron chi connectivity index (χ0n) is 11.7. The maximum Gasteiger partial charge on any atom is 0.387 e. The molecule has 0 radical (unpaired) electrons. The summed E-state index contributed by atoms with van der Waals surface area (Å²) in [6.45, 7) is -2.98. The van der Waals surface area contributed by atoms with Crippen LogP contribution in [0.25, 0.3) is 0 Å². The maximum atomic E-state index is 12.4. The molecular weight excluding hydrogens is 294 g/mol. The molecule has 0 atom stereocenters.